The standard InChI is InChI=1S/C7H18N2.C2H7N/c1-5-9(4)7-6-8(2)3;1-2-3/h5-7H2,1-4H3;2-3H2,1H3. The van der Waals surface area contributed by atoms with Gasteiger partial charge in [-0.3, -0.25) is 0 Å². The van der Waals surface area contributed by atoms with Gasteiger partial charge in [0.1, 0.15) is 0 Å². The molecular formula is C9H25N3. The smallest absolute Gasteiger partial charge is 0.0106 e. The van der Waals surface area contributed by atoms with Crippen molar-refractivity contribution >= 4 is 0 Å². The first kappa shape index (κ1) is 14.4. The van der Waals surface area contributed by atoms with Gasteiger partial charge in [-0.25, -0.2) is 0 Å². The highest BCUT2D eigenvalue weighted by atomic mass is 15.1. The summed E-state index contributed by atoms with van der Waals surface area (Å²) in [7, 11) is 6.34. The van der Waals surface area contributed by atoms with Crippen molar-refractivity contribution in [2.24, 2.45) is 5.73 Å². The van der Waals surface area contributed by atoms with Gasteiger partial charge in [0, 0.05) is 13.1 Å². The molecule has 0 aliphatic rings. The zero-order valence-corrected chi connectivity index (χ0v) is 9.30. The van der Waals surface area contributed by atoms with Crippen LogP contribution in [0.1, 0.15) is 13.8 Å². The molecule has 3 nitrogen and oxygen atoms in total. The molecule has 0 aliphatic heterocycles. The summed E-state index contributed by atoms with van der Waals surface area (Å²) < 4.78 is 0. The molecule has 0 saturated heterocycles. The van der Waals surface area contributed by atoms with Crippen LogP contribution in [0.3, 0.4) is 0 Å². The Labute approximate surface area is 77.5 Å². The van der Waals surface area contributed by atoms with E-state index in [4.69, 9.17) is 5.73 Å². The summed E-state index contributed by atoms with van der Waals surface area (Å²) in [4.78, 5) is 4.51. The maximum Gasteiger partial charge on any atom is 0.0106 e. The van der Waals surface area contributed by atoms with Crippen LogP contribution in [0, 0.1) is 0 Å². The minimum absolute atomic E-state index is 0.750. The minimum atomic E-state index is 0.750. The van der Waals surface area contributed by atoms with Crippen molar-refractivity contribution in [3.05, 3.63) is 0 Å². The number of hydrogen-bond acceptors (Lipinski definition) is 3. The van der Waals surface area contributed by atoms with E-state index in [0.717, 1.165) is 19.6 Å². The normalized spacial score (nSPS) is 10.0. The first-order valence-electron chi connectivity index (χ1n) is 4.61. The van der Waals surface area contributed by atoms with Gasteiger partial charge in [-0.15, -0.1) is 0 Å². The number of nitrogens with zero attached hydrogens (tertiary/aromatic N) is 2. The summed E-state index contributed by atoms with van der Waals surface area (Å²) in [6, 6.07) is 0. The quantitative estimate of drug-likeness (QED) is 0.674. The maximum atomic E-state index is 4.85. The maximum absolute atomic E-state index is 4.85. The molecule has 0 saturated carbocycles. The molecule has 2 N–H and O–H groups in total. The number of nitrogens with two attached hydrogens (primary N) is 1. The summed E-state index contributed by atoms with van der Waals surface area (Å²) in [5, 5.41) is 0. The van der Waals surface area contributed by atoms with Crippen LogP contribution in [-0.4, -0.2) is 57.1 Å². The van der Waals surface area contributed by atoms with Crippen LogP contribution in [0.2, 0.25) is 0 Å². The van der Waals surface area contributed by atoms with Crippen molar-refractivity contribution < 1.29 is 0 Å². The third kappa shape index (κ3) is 16.5. The van der Waals surface area contributed by atoms with E-state index in [1.165, 1.54) is 6.54 Å². The zero-order chi connectivity index (χ0) is 9.98. The van der Waals surface area contributed by atoms with E-state index in [1.807, 2.05) is 6.92 Å². The Morgan fingerprint density at radius 2 is 1.42 bits per heavy atom. The highest BCUT2D eigenvalue weighted by Gasteiger charge is 1.93. The van der Waals surface area contributed by atoms with Crippen LogP contribution in [0.4, 0.5) is 0 Å². The lowest BCUT2D eigenvalue weighted by atomic mass is 10.5. The Morgan fingerprint density at radius 1 is 1.00 bits per heavy atom. The van der Waals surface area contributed by atoms with Crippen molar-refractivity contribution in [1.82, 2.24) is 9.80 Å². The van der Waals surface area contributed by atoms with E-state index in [1.54, 1.807) is 0 Å². The fraction of sp³-hybridized carbons (Fsp3) is 1.00. The van der Waals surface area contributed by atoms with E-state index >= 15 is 0 Å². The van der Waals surface area contributed by atoms with E-state index in [0.29, 0.717) is 0 Å². The molecule has 0 atom stereocenters. The van der Waals surface area contributed by atoms with Gasteiger partial charge in [0.2, 0.25) is 0 Å². The molecule has 0 spiro atoms. The SMILES string of the molecule is CCN.CCN(C)CCN(C)C. The van der Waals surface area contributed by atoms with Gasteiger partial charge in [0.05, 0.1) is 0 Å². The fourth-order valence-electron chi connectivity index (χ4n) is 0.529. The summed E-state index contributed by atoms with van der Waals surface area (Å²) >= 11 is 0. The molecule has 0 heterocycles. The number of likely N-dealkylation sites (N-methyl/N-ethyl adjacent to an activating group) is 2. The average Bonchev–Trinajstić information content (AvgIpc) is 2.01. The molecule has 0 rings (SSSR count). The molecule has 0 aromatic rings. The van der Waals surface area contributed by atoms with Crippen molar-refractivity contribution in [2.75, 3.05) is 47.3 Å². The second-order valence-corrected chi connectivity index (χ2v) is 3.11. The van der Waals surface area contributed by atoms with E-state index in [-0.39, 0.29) is 0 Å². The number of rotatable bonds is 4. The molecule has 0 aromatic carbocycles. The number of hydrogen-bond donors (Lipinski definition) is 1. The topological polar surface area (TPSA) is 32.5 Å². The predicted molar refractivity (Wildman–Crippen MR) is 56.5 cm³/mol. The third-order valence-corrected chi connectivity index (χ3v) is 1.47. The molecule has 0 aromatic heterocycles. The Kier molecular flexibility index (Phi) is 13.1. The van der Waals surface area contributed by atoms with Gasteiger partial charge in [-0.1, -0.05) is 13.8 Å². The summed E-state index contributed by atoms with van der Waals surface area (Å²) in [6.45, 7) is 8.30. The Bertz CT molecular complexity index is 74.2. The first-order chi connectivity index (χ1) is 5.58. The van der Waals surface area contributed by atoms with Gasteiger partial charge in [-0.05, 0) is 34.2 Å². The zero-order valence-electron chi connectivity index (χ0n) is 9.30. The van der Waals surface area contributed by atoms with Crippen LogP contribution in [-0.2, 0) is 0 Å². The lowest BCUT2D eigenvalue weighted by molar-refractivity contribution is 0.292. The summed E-state index contributed by atoms with van der Waals surface area (Å²) in [6.07, 6.45) is 0. The highest BCUT2D eigenvalue weighted by Crippen LogP contribution is 1.81. The van der Waals surface area contributed by atoms with Gasteiger partial charge < -0.3 is 15.5 Å². The van der Waals surface area contributed by atoms with E-state index < -0.39 is 0 Å². The Morgan fingerprint density at radius 3 is 1.67 bits per heavy atom. The average molecular weight is 175 g/mol. The summed E-state index contributed by atoms with van der Waals surface area (Å²) in [5.41, 5.74) is 4.85. The molecule has 0 radical (unpaired) electrons. The van der Waals surface area contributed by atoms with Crippen LogP contribution in [0.5, 0.6) is 0 Å². The van der Waals surface area contributed by atoms with Crippen LogP contribution < -0.4 is 5.73 Å². The second kappa shape index (κ2) is 10.9. The third-order valence-electron chi connectivity index (χ3n) is 1.47. The minimum Gasteiger partial charge on any atom is -0.331 e. The monoisotopic (exact) mass is 175 g/mol. The first-order valence-corrected chi connectivity index (χ1v) is 4.61. The molecule has 76 valence electrons. The molecule has 3 heteroatoms. The van der Waals surface area contributed by atoms with Crippen molar-refractivity contribution in [3.8, 4) is 0 Å². The molecule has 0 unspecified atom stereocenters. The predicted octanol–water partition coefficient (Wildman–Crippen LogP) is 0.465. The van der Waals surface area contributed by atoms with Crippen molar-refractivity contribution in [2.45, 2.75) is 13.8 Å². The van der Waals surface area contributed by atoms with Crippen LogP contribution in [0.25, 0.3) is 0 Å². The summed E-state index contributed by atoms with van der Waals surface area (Å²) in [5.74, 6) is 0. The van der Waals surface area contributed by atoms with E-state index in [2.05, 4.69) is 37.9 Å². The van der Waals surface area contributed by atoms with Crippen LogP contribution >= 0.6 is 0 Å². The van der Waals surface area contributed by atoms with Gasteiger partial charge >= 0.3 is 0 Å². The fourth-order valence-corrected chi connectivity index (χ4v) is 0.529. The molecule has 0 bridgehead atoms. The Hall–Kier alpha value is -0.120. The van der Waals surface area contributed by atoms with Gasteiger partial charge in [0.25, 0.3) is 0 Å². The largest absolute Gasteiger partial charge is 0.331 e. The van der Waals surface area contributed by atoms with Gasteiger partial charge in [0.15, 0.2) is 0 Å². The van der Waals surface area contributed by atoms with Gasteiger partial charge in [-0.2, -0.15) is 0 Å². The lowest BCUT2D eigenvalue weighted by Crippen LogP contribution is -2.28. The Balaban J connectivity index is 0. The van der Waals surface area contributed by atoms with Crippen molar-refractivity contribution in [3.63, 3.8) is 0 Å². The van der Waals surface area contributed by atoms with E-state index in [9.17, 15) is 0 Å². The second-order valence-electron chi connectivity index (χ2n) is 3.11. The lowest BCUT2D eigenvalue weighted by Gasteiger charge is -2.16. The highest BCUT2D eigenvalue weighted by molar-refractivity contribution is 4.49. The molecule has 0 fully saturated rings. The van der Waals surface area contributed by atoms with Crippen LogP contribution in [0.15, 0.2) is 0 Å². The molecular weight excluding hydrogens is 150 g/mol. The molecule has 0 aliphatic carbocycles. The molecule has 12 heavy (non-hydrogen) atoms. The van der Waals surface area contributed by atoms with Crippen molar-refractivity contribution in [1.29, 1.82) is 0 Å². The molecule has 0 amide bonds.